The number of hydrogen-bond donors (Lipinski definition) is 1. The Morgan fingerprint density at radius 3 is 2.05 bits per heavy atom. The molecule has 0 aromatic carbocycles. The Morgan fingerprint density at radius 1 is 0.850 bits per heavy atom. The van der Waals surface area contributed by atoms with E-state index in [0.717, 1.165) is 13.0 Å². The second-order valence-corrected chi connectivity index (χ2v) is 5.13. The molecule has 4 nitrogen and oxygen atoms in total. The van der Waals surface area contributed by atoms with Crippen LogP contribution in [0.25, 0.3) is 0 Å². The predicted octanol–water partition coefficient (Wildman–Crippen LogP) is 3.59. The summed E-state index contributed by atoms with van der Waals surface area (Å²) >= 11 is 0. The second kappa shape index (κ2) is 14.4. The molecule has 0 spiro atoms. The lowest BCUT2D eigenvalue weighted by atomic mass is 10.1. The molecule has 1 N–H and O–H groups in total. The highest BCUT2D eigenvalue weighted by atomic mass is 16.5. The van der Waals surface area contributed by atoms with Crippen LogP contribution in [-0.2, 0) is 14.3 Å². The Labute approximate surface area is 123 Å². The van der Waals surface area contributed by atoms with E-state index in [4.69, 9.17) is 4.74 Å². The summed E-state index contributed by atoms with van der Waals surface area (Å²) in [5.74, 6) is -0.351. The van der Waals surface area contributed by atoms with E-state index < -0.39 is 0 Å². The lowest BCUT2D eigenvalue weighted by Crippen LogP contribution is -2.25. The molecule has 0 radical (unpaired) electrons. The lowest BCUT2D eigenvalue weighted by molar-refractivity contribution is -0.144. The van der Waals surface area contributed by atoms with Crippen molar-refractivity contribution in [2.45, 2.75) is 78.1 Å². The molecule has 0 bridgehead atoms. The molecule has 1 amide bonds. The summed E-state index contributed by atoms with van der Waals surface area (Å²) in [4.78, 5) is 22.5. The van der Waals surface area contributed by atoms with Crippen LogP contribution in [0.3, 0.4) is 0 Å². The fourth-order valence-corrected chi connectivity index (χ4v) is 2.02. The molecule has 0 aliphatic carbocycles. The van der Waals surface area contributed by atoms with Gasteiger partial charge in [-0.15, -0.1) is 0 Å². The van der Waals surface area contributed by atoms with E-state index in [-0.39, 0.29) is 24.7 Å². The first-order valence-electron chi connectivity index (χ1n) is 8.13. The summed E-state index contributed by atoms with van der Waals surface area (Å²) in [6.07, 6.45) is 10.5. The van der Waals surface area contributed by atoms with E-state index in [1.54, 1.807) is 6.92 Å². The fourth-order valence-electron chi connectivity index (χ4n) is 2.02. The van der Waals surface area contributed by atoms with Crippen molar-refractivity contribution >= 4 is 11.9 Å². The summed E-state index contributed by atoms with van der Waals surface area (Å²) in [6.45, 7) is 5.08. The monoisotopic (exact) mass is 285 g/mol. The highest BCUT2D eigenvalue weighted by Gasteiger charge is 2.06. The van der Waals surface area contributed by atoms with Crippen molar-refractivity contribution in [3.8, 4) is 0 Å². The minimum atomic E-state index is -0.297. The molecule has 0 fully saturated rings. The molecule has 0 aromatic rings. The first kappa shape index (κ1) is 18.9. The number of hydrogen-bond acceptors (Lipinski definition) is 3. The van der Waals surface area contributed by atoms with Crippen LogP contribution in [-0.4, -0.2) is 25.0 Å². The van der Waals surface area contributed by atoms with Gasteiger partial charge in [-0.05, 0) is 13.3 Å². The third-order valence-corrected chi connectivity index (χ3v) is 3.21. The summed E-state index contributed by atoms with van der Waals surface area (Å²) in [5.41, 5.74) is 0. The summed E-state index contributed by atoms with van der Waals surface area (Å²) < 4.78 is 4.77. The van der Waals surface area contributed by atoms with Crippen molar-refractivity contribution in [2.24, 2.45) is 0 Å². The van der Waals surface area contributed by atoms with Crippen LogP contribution in [0, 0.1) is 0 Å². The molecule has 4 heteroatoms. The number of amides is 1. The Morgan fingerprint density at radius 2 is 1.45 bits per heavy atom. The molecule has 118 valence electrons. The average Bonchev–Trinajstić information content (AvgIpc) is 2.43. The van der Waals surface area contributed by atoms with Crippen LogP contribution in [0.4, 0.5) is 0 Å². The molecule has 0 heterocycles. The van der Waals surface area contributed by atoms with Crippen molar-refractivity contribution in [1.29, 1.82) is 0 Å². The minimum Gasteiger partial charge on any atom is -0.466 e. The molecular formula is C16H31NO3. The zero-order valence-corrected chi connectivity index (χ0v) is 13.2. The average molecular weight is 285 g/mol. The maximum atomic E-state index is 11.4. The van der Waals surface area contributed by atoms with E-state index in [0.29, 0.717) is 6.61 Å². The van der Waals surface area contributed by atoms with Gasteiger partial charge in [0.05, 0.1) is 13.0 Å². The first-order chi connectivity index (χ1) is 9.70. The molecule has 0 unspecified atom stereocenters. The Balaban J connectivity index is 3.25. The van der Waals surface area contributed by atoms with Gasteiger partial charge < -0.3 is 10.1 Å². The maximum absolute atomic E-state index is 11.4. The van der Waals surface area contributed by atoms with Gasteiger partial charge in [-0.25, -0.2) is 0 Å². The Bertz CT molecular complexity index is 254. The van der Waals surface area contributed by atoms with Gasteiger partial charge in [0.1, 0.15) is 0 Å². The molecular weight excluding hydrogens is 254 g/mol. The fraction of sp³-hybridized carbons (Fsp3) is 0.875. The Hall–Kier alpha value is -1.06. The SMILES string of the molecule is CCCCCCCCCCNC(=O)CCC(=O)OCC. The van der Waals surface area contributed by atoms with E-state index in [9.17, 15) is 9.59 Å². The zero-order chi connectivity index (χ0) is 15.1. The zero-order valence-electron chi connectivity index (χ0n) is 13.2. The number of unbranched alkanes of at least 4 members (excludes halogenated alkanes) is 7. The summed E-state index contributed by atoms with van der Waals surface area (Å²) in [5, 5.41) is 2.84. The smallest absolute Gasteiger partial charge is 0.306 e. The normalized spacial score (nSPS) is 10.3. The first-order valence-corrected chi connectivity index (χ1v) is 8.13. The van der Waals surface area contributed by atoms with E-state index >= 15 is 0 Å². The lowest BCUT2D eigenvalue weighted by Gasteiger charge is -2.05. The van der Waals surface area contributed by atoms with Crippen LogP contribution in [0.15, 0.2) is 0 Å². The number of carbonyl (C=O) groups excluding carboxylic acids is 2. The minimum absolute atomic E-state index is 0.0546. The number of rotatable bonds is 13. The van der Waals surface area contributed by atoms with Gasteiger partial charge in [-0.2, -0.15) is 0 Å². The van der Waals surface area contributed by atoms with Crippen molar-refractivity contribution in [3.63, 3.8) is 0 Å². The van der Waals surface area contributed by atoms with Crippen molar-refractivity contribution in [2.75, 3.05) is 13.2 Å². The molecule has 0 saturated carbocycles. The standard InChI is InChI=1S/C16H31NO3/c1-3-5-6-7-8-9-10-11-14-17-15(18)12-13-16(19)20-4-2/h3-14H2,1-2H3,(H,17,18). The van der Waals surface area contributed by atoms with Gasteiger partial charge in [-0.3, -0.25) is 9.59 Å². The van der Waals surface area contributed by atoms with Crippen LogP contribution in [0.1, 0.15) is 78.1 Å². The number of ether oxygens (including phenoxy) is 1. The topological polar surface area (TPSA) is 55.4 Å². The number of carbonyl (C=O) groups is 2. The number of nitrogens with one attached hydrogen (secondary N) is 1. The van der Waals surface area contributed by atoms with Crippen LogP contribution in [0.5, 0.6) is 0 Å². The Kier molecular flexibility index (Phi) is 13.6. The number of esters is 1. The van der Waals surface area contributed by atoms with Gasteiger partial charge in [0.25, 0.3) is 0 Å². The highest BCUT2D eigenvalue weighted by molar-refractivity contribution is 5.81. The van der Waals surface area contributed by atoms with E-state index in [1.807, 2.05) is 0 Å². The van der Waals surface area contributed by atoms with Crippen molar-refractivity contribution in [1.82, 2.24) is 5.32 Å². The van der Waals surface area contributed by atoms with Gasteiger partial charge in [0.15, 0.2) is 0 Å². The van der Waals surface area contributed by atoms with Gasteiger partial charge in [0.2, 0.25) is 5.91 Å². The molecule has 0 rings (SSSR count). The maximum Gasteiger partial charge on any atom is 0.306 e. The van der Waals surface area contributed by atoms with Gasteiger partial charge in [-0.1, -0.05) is 51.9 Å². The van der Waals surface area contributed by atoms with E-state index in [1.165, 1.54) is 44.9 Å². The molecule has 0 aromatic heterocycles. The van der Waals surface area contributed by atoms with Crippen molar-refractivity contribution < 1.29 is 14.3 Å². The summed E-state index contributed by atoms with van der Waals surface area (Å²) in [6, 6.07) is 0. The van der Waals surface area contributed by atoms with Crippen molar-refractivity contribution in [3.05, 3.63) is 0 Å². The third-order valence-electron chi connectivity index (χ3n) is 3.21. The van der Waals surface area contributed by atoms with Gasteiger partial charge >= 0.3 is 5.97 Å². The summed E-state index contributed by atoms with van der Waals surface area (Å²) in [7, 11) is 0. The predicted molar refractivity (Wildman–Crippen MR) is 81.5 cm³/mol. The highest BCUT2D eigenvalue weighted by Crippen LogP contribution is 2.07. The van der Waals surface area contributed by atoms with Crippen LogP contribution < -0.4 is 5.32 Å². The molecule has 0 saturated heterocycles. The van der Waals surface area contributed by atoms with Gasteiger partial charge in [0, 0.05) is 13.0 Å². The van der Waals surface area contributed by atoms with Crippen LogP contribution >= 0.6 is 0 Å². The van der Waals surface area contributed by atoms with Crippen LogP contribution in [0.2, 0.25) is 0 Å². The third kappa shape index (κ3) is 13.4. The van der Waals surface area contributed by atoms with E-state index in [2.05, 4.69) is 12.2 Å². The second-order valence-electron chi connectivity index (χ2n) is 5.13. The largest absolute Gasteiger partial charge is 0.466 e. The molecule has 0 atom stereocenters. The molecule has 0 aliphatic rings. The molecule has 20 heavy (non-hydrogen) atoms. The quantitative estimate of drug-likeness (QED) is 0.415. The molecule has 0 aliphatic heterocycles.